The molecule has 5 heteroatoms. The van der Waals surface area contributed by atoms with Gasteiger partial charge in [0.2, 0.25) is 0 Å². The molecule has 0 radical (unpaired) electrons. The topological polar surface area (TPSA) is 68.0 Å². The van der Waals surface area contributed by atoms with E-state index in [2.05, 4.69) is 35.4 Å². The van der Waals surface area contributed by atoms with Crippen LogP contribution in [0, 0.1) is 13.8 Å². The van der Waals surface area contributed by atoms with E-state index in [1.165, 1.54) is 22.5 Å². The van der Waals surface area contributed by atoms with Gasteiger partial charge in [-0.2, -0.15) is 0 Å². The maximum Gasteiger partial charge on any atom is 0.271 e. The quantitative estimate of drug-likeness (QED) is 0.911. The average Bonchev–Trinajstić information content (AvgIpc) is 2.91. The molecule has 0 fully saturated rings. The summed E-state index contributed by atoms with van der Waals surface area (Å²) in [5, 5.41) is 5.53. The summed E-state index contributed by atoms with van der Waals surface area (Å²) in [6.07, 6.45) is 0. The van der Waals surface area contributed by atoms with Crippen molar-refractivity contribution in [2.75, 3.05) is 0 Å². The summed E-state index contributed by atoms with van der Waals surface area (Å²) in [5.74, 6) is -0.161. The van der Waals surface area contributed by atoms with E-state index in [1.54, 1.807) is 5.38 Å². The summed E-state index contributed by atoms with van der Waals surface area (Å²) in [5.41, 5.74) is 9.69. The molecule has 1 aromatic carbocycles. The van der Waals surface area contributed by atoms with Gasteiger partial charge in [0.1, 0.15) is 10.7 Å². The molecule has 4 nitrogen and oxygen atoms in total. The lowest BCUT2D eigenvalue weighted by Gasteiger charge is -2.16. The number of carbonyl (C=O) groups is 1. The lowest BCUT2D eigenvalue weighted by atomic mass is 10.00. The molecule has 0 aliphatic rings. The van der Waals surface area contributed by atoms with Gasteiger partial charge in [-0.3, -0.25) is 4.79 Å². The molecule has 1 amide bonds. The van der Waals surface area contributed by atoms with Crippen LogP contribution in [0.1, 0.15) is 58.1 Å². The second-order valence-corrected chi connectivity index (χ2v) is 6.30. The zero-order valence-corrected chi connectivity index (χ0v) is 13.6. The number of nitrogens with one attached hydrogen (secondary N) is 1. The van der Waals surface area contributed by atoms with Crippen molar-refractivity contribution in [3.8, 4) is 0 Å². The standard InChI is InChI=1S/C16H21N3OS/c1-9-5-6-10(2)13(7-9)12(4)18-15(20)14-8-21-16(19-14)11(3)17/h5-8,11-12H,17H2,1-4H3,(H,18,20). The van der Waals surface area contributed by atoms with Gasteiger partial charge in [-0.05, 0) is 38.8 Å². The zero-order valence-electron chi connectivity index (χ0n) is 12.8. The minimum absolute atomic E-state index is 0.0575. The SMILES string of the molecule is Cc1ccc(C)c(C(C)NC(=O)c2csc(C(C)N)n2)c1. The number of hydrogen-bond donors (Lipinski definition) is 2. The van der Waals surface area contributed by atoms with Crippen molar-refractivity contribution in [1.82, 2.24) is 10.3 Å². The Kier molecular flexibility index (Phi) is 4.75. The summed E-state index contributed by atoms with van der Waals surface area (Å²) < 4.78 is 0. The molecule has 1 aromatic heterocycles. The number of nitrogens with two attached hydrogens (primary N) is 1. The normalized spacial score (nSPS) is 13.8. The third-order valence-electron chi connectivity index (χ3n) is 3.39. The number of benzene rings is 1. The van der Waals surface area contributed by atoms with Crippen LogP contribution in [0.25, 0.3) is 0 Å². The summed E-state index contributed by atoms with van der Waals surface area (Å²) in [6.45, 7) is 7.94. The van der Waals surface area contributed by atoms with Crippen LogP contribution in [0.3, 0.4) is 0 Å². The van der Waals surface area contributed by atoms with Crippen LogP contribution in [0.2, 0.25) is 0 Å². The van der Waals surface area contributed by atoms with Gasteiger partial charge < -0.3 is 11.1 Å². The molecule has 2 aromatic rings. The fourth-order valence-corrected chi connectivity index (χ4v) is 2.93. The fraction of sp³-hybridized carbons (Fsp3) is 0.375. The van der Waals surface area contributed by atoms with Gasteiger partial charge in [0.15, 0.2) is 0 Å². The number of rotatable bonds is 4. The van der Waals surface area contributed by atoms with Gasteiger partial charge in [-0.1, -0.05) is 23.8 Å². The number of aromatic nitrogens is 1. The molecule has 0 aliphatic heterocycles. The number of thiazole rings is 1. The molecule has 2 unspecified atom stereocenters. The number of nitrogens with zero attached hydrogens (tertiary/aromatic N) is 1. The molecule has 1 heterocycles. The molecule has 0 bridgehead atoms. The minimum atomic E-state index is -0.161. The van der Waals surface area contributed by atoms with E-state index >= 15 is 0 Å². The number of amides is 1. The lowest BCUT2D eigenvalue weighted by Crippen LogP contribution is -2.27. The van der Waals surface area contributed by atoms with E-state index in [0.717, 1.165) is 10.6 Å². The minimum Gasteiger partial charge on any atom is -0.344 e. The van der Waals surface area contributed by atoms with Crippen LogP contribution in [0.15, 0.2) is 23.6 Å². The highest BCUT2D eigenvalue weighted by molar-refractivity contribution is 7.09. The monoisotopic (exact) mass is 303 g/mol. The van der Waals surface area contributed by atoms with Gasteiger partial charge in [0, 0.05) is 5.38 Å². The number of aryl methyl sites for hydroxylation is 2. The molecule has 112 valence electrons. The van der Waals surface area contributed by atoms with Crippen LogP contribution in [0.5, 0.6) is 0 Å². The molecule has 2 rings (SSSR count). The van der Waals surface area contributed by atoms with Gasteiger partial charge in [-0.15, -0.1) is 11.3 Å². The smallest absolute Gasteiger partial charge is 0.271 e. The van der Waals surface area contributed by atoms with E-state index in [-0.39, 0.29) is 18.0 Å². The van der Waals surface area contributed by atoms with E-state index in [0.29, 0.717) is 5.69 Å². The van der Waals surface area contributed by atoms with Crippen molar-refractivity contribution in [3.63, 3.8) is 0 Å². The highest BCUT2D eigenvalue weighted by Crippen LogP contribution is 2.20. The average molecular weight is 303 g/mol. The van der Waals surface area contributed by atoms with Gasteiger partial charge in [-0.25, -0.2) is 4.98 Å². The summed E-state index contributed by atoms with van der Waals surface area (Å²) >= 11 is 1.42. The maximum atomic E-state index is 12.3. The predicted octanol–water partition coefficient (Wildman–Crippen LogP) is 3.27. The van der Waals surface area contributed by atoms with Crippen molar-refractivity contribution in [2.45, 2.75) is 39.8 Å². The molecule has 0 saturated carbocycles. The Morgan fingerprint density at radius 3 is 2.67 bits per heavy atom. The Morgan fingerprint density at radius 1 is 1.33 bits per heavy atom. The van der Waals surface area contributed by atoms with Crippen molar-refractivity contribution in [1.29, 1.82) is 0 Å². The molecule has 21 heavy (non-hydrogen) atoms. The first-order valence-corrected chi connectivity index (χ1v) is 7.85. The second-order valence-electron chi connectivity index (χ2n) is 5.41. The van der Waals surface area contributed by atoms with Crippen molar-refractivity contribution >= 4 is 17.2 Å². The van der Waals surface area contributed by atoms with Crippen molar-refractivity contribution in [2.24, 2.45) is 5.73 Å². The second kappa shape index (κ2) is 6.37. The summed E-state index contributed by atoms with van der Waals surface area (Å²) in [6, 6.07) is 6.05. The first-order chi connectivity index (χ1) is 9.88. The van der Waals surface area contributed by atoms with Crippen LogP contribution >= 0.6 is 11.3 Å². The van der Waals surface area contributed by atoms with E-state index < -0.39 is 0 Å². The zero-order chi connectivity index (χ0) is 15.6. The molecule has 0 spiro atoms. The van der Waals surface area contributed by atoms with Crippen molar-refractivity contribution in [3.05, 3.63) is 51.0 Å². The first-order valence-electron chi connectivity index (χ1n) is 6.97. The van der Waals surface area contributed by atoms with Gasteiger partial charge in [0.05, 0.1) is 12.1 Å². The first kappa shape index (κ1) is 15.7. The van der Waals surface area contributed by atoms with Gasteiger partial charge in [0.25, 0.3) is 5.91 Å². The van der Waals surface area contributed by atoms with Crippen LogP contribution in [-0.2, 0) is 0 Å². The van der Waals surface area contributed by atoms with E-state index in [4.69, 9.17) is 5.73 Å². The Balaban J connectivity index is 2.12. The van der Waals surface area contributed by atoms with Crippen LogP contribution < -0.4 is 11.1 Å². The third kappa shape index (κ3) is 3.68. The van der Waals surface area contributed by atoms with E-state index in [1.807, 2.05) is 20.8 Å². The van der Waals surface area contributed by atoms with Gasteiger partial charge >= 0.3 is 0 Å². The lowest BCUT2D eigenvalue weighted by molar-refractivity contribution is 0.0935. The molecular formula is C16H21N3OS. The Labute approximate surface area is 129 Å². The highest BCUT2D eigenvalue weighted by atomic mass is 32.1. The largest absolute Gasteiger partial charge is 0.344 e. The summed E-state index contributed by atoms with van der Waals surface area (Å²) in [7, 11) is 0. The molecule has 2 atom stereocenters. The van der Waals surface area contributed by atoms with Crippen molar-refractivity contribution < 1.29 is 4.79 Å². The molecule has 0 saturated heterocycles. The Morgan fingerprint density at radius 2 is 2.05 bits per heavy atom. The summed E-state index contributed by atoms with van der Waals surface area (Å²) in [4.78, 5) is 16.5. The molecular weight excluding hydrogens is 282 g/mol. The predicted molar refractivity (Wildman–Crippen MR) is 86.5 cm³/mol. The number of carbonyl (C=O) groups excluding carboxylic acids is 1. The number of hydrogen-bond acceptors (Lipinski definition) is 4. The van der Waals surface area contributed by atoms with Crippen LogP contribution in [-0.4, -0.2) is 10.9 Å². The van der Waals surface area contributed by atoms with Crippen LogP contribution in [0.4, 0.5) is 0 Å². The molecule has 3 N–H and O–H groups in total. The maximum absolute atomic E-state index is 12.3. The van der Waals surface area contributed by atoms with E-state index in [9.17, 15) is 4.79 Å². The highest BCUT2D eigenvalue weighted by Gasteiger charge is 2.16. The molecule has 0 aliphatic carbocycles. The third-order valence-corrected chi connectivity index (χ3v) is 4.44. The Bertz CT molecular complexity index is 649. The fourth-order valence-electron chi connectivity index (χ4n) is 2.18. The Hall–Kier alpha value is -1.72.